The van der Waals surface area contributed by atoms with E-state index >= 15 is 0 Å². The van der Waals surface area contributed by atoms with E-state index in [0.29, 0.717) is 0 Å². The molecule has 1 heterocycles. The number of benzene rings is 2. The van der Waals surface area contributed by atoms with Gasteiger partial charge in [-0.3, -0.25) is 0 Å². The first-order chi connectivity index (χ1) is 8.20. The largest absolute Gasteiger partial charge is 0.341 e. The van der Waals surface area contributed by atoms with Gasteiger partial charge in [0.15, 0.2) is 0 Å². The van der Waals surface area contributed by atoms with Crippen LogP contribution in [0.15, 0.2) is 42.5 Å². The fraction of sp³-hybridized carbons (Fsp3) is 0.200. The van der Waals surface area contributed by atoms with E-state index in [2.05, 4.69) is 73.3 Å². The highest BCUT2D eigenvalue weighted by atomic mass is 15.2. The molecular weight excluding hydrogens is 208 g/mol. The standard InChI is InChI=1S/C15H16N2/c1-11-7-6-10-14-15(11)17(3)13-9-5-4-8-12(13)16(14)2/h4-10H,1-3H3. The highest BCUT2D eigenvalue weighted by molar-refractivity contribution is 5.93. The molecular formula is C15H16N2. The zero-order valence-electron chi connectivity index (χ0n) is 10.4. The lowest BCUT2D eigenvalue weighted by atomic mass is 10.1. The van der Waals surface area contributed by atoms with E-state index in [0.717, 1.165) is 0 Å². The van der Waals surface area contributed by atoms with E-state index in [-0.39, 0.29) is 0 Å². The van der Waals surface area contributed by atoms with Crippen LogP contribution < -0.4 is 9.80 Å². The molecule has 0 radical (unpaired) electrons. The molecule has 0 saturated heterocycles. The third-order valence-electron chi connectivity index (χ3n) is 3.52. The second kappa shape index (κ2) is 3.52. The van der Waals surface area contributed by atoms with E-state index in [1.807, 2.05) is 0 Å². The van der Waals surface area contributed by atoms with E-state index in [9.17, 15) is 0 Å². The van der Waals surface area contributed by atoms with Gasteiger partial charge in [0.2, 0.25) is 0 Å². The summed E-state index contributed by atoms with van der Waals surface area (Å²) in [7, 11) is 4.27. The van der Waals surface area contributed by atoms with Crippen LogP contribution in [-0.4, -0.2) is 14.1 Å². The highest BCUT2D eigenvalue weighted by Gasteiger charge is 2.24. The Balaban J connectivity index is 2.29. The molecule has 2 aromatic rings. The zero-order valence-corrected chi connectivity index (χ0v) is 10.4. The SMILES string of the molecule is Cc1cccc2c1N(C)c1ccccc1N2C. The van der Waals surface area contributed by atoms with Gasteiger partial charge in [-0.1, -0.05) is 24.3 Å². The van der Waals surface area contributed by atoms with Crippen molar-refractivity contribution < 1.29 is 0 Å². The van der Waals surface area contributed by atoms with Crippen molar-refractivity contribution >= 4 is 22.7 Å². The number of anilines is 4. The van der Waals surface area contributed by atoms with Gasteiger partial charge >= 0.3 is 0 Å². The van der Waals surface area contributed by atoms with Crippen molar-refractivity contribution in [3.05, 3.63) is 48.0 Å². The minimum atomic E-state index is 1.26. The van der Waals surface area contributed by atoms with Crippen LogP contribution in [0.25, 0.3) is 0 Å². The van der Waals surface area contributed by atoms with E-state index in [1.54, 1.807) is 0 Å². The molecule has 0 bridgehead atoms. The highest BCUT2D eigenvalue weighted by Crippen LogP contribution is 2.47. The molecule has 0 aliphatic carbocycles. The number of aryl methyl sites for hydroxylation is 1. The monoisotopic (exact) mass is 224 g/mol. The maximum Gasteiger partial charge on any atom is 0.0679 e. The molecule has 1 aliphatic heterocycles. The lowest BCUT2D eigenvalue weighted by Crippen LogP contribution is -2.24. The Bertz CT molecular complexity index is 575. The smallest absolute Gasteiger partial charge is 0.0679 e. The Hall–Kier alpha value is -1.96. The van der Waals surface area contributed by atoms with E-state index < -0.39 is 0 Å². The number of rotatable bonds is 0. The summed E-state index contributed by atoms with van der Waals surface area (Å²) in [4.78, 5) is 4.54. The van der Waals surface area contributed by atoms with Crippen LogP contribution >= 0.6 is 0 Å². The third-order valence-corrected chi connectivity index (χ3v) is 3.52. The molecule has 0 N–H and O–H groups in total. The van der Waals surface area contributed by atoms with E-state index in [1.165, 1.54) is 28.3 Å². The molecule has 0 fully saturated rings. The number of fused-ring (bicyclic) bond motifs is 2. The van der Waals surface area contributed by atoms with Crippen molar-refractivity contribution in [2.75, 3.05) is 23.9 Å². The van der Waals surface area contributed by atoms with Crippen LogP contribution in [0.5, 0.6) is 0 Å². The molecule has 0 atom stereocenters. The number of hydrogen-bond acceptors (Lipinski definition) is 2. The molecule has 17 heavy (non-hydrogen) atoms. The van der Waals surface area contributed by atoms with Crippen LogP contribution in [0.4, 0.5) is 22.7 Å². The molecule has 0 aromatic heterocycles. The summed E-state index contributed by atoms with van der Waals surface area (Å²) in [5, 5.41) is 0. The minimum absolute atomic E-state index is 1.26. The molecule has 1 aliphatic rings. The number of hydrogen-bond donors (Lipinski definition) is 0. The Morgan fingerprint density at radius 2 is 1.29 bits per heavy atom. The molecule has 3 rings (SSSR count). The van der Waals surface area contributed by atoms with Crippen molar-refractivity contribution in [1.29, 1.82) is 0 Å². The Morgan fingerprint density at radius 1 is 0.706 bits per heavy atom. The Labute approximate surface area is 102 Å². The molecule has 0 amide bonds. The van der Waals surface area contributed by atoms with E-state index in [4.69, 9.17) is 0 Å². The Morgan fingerprint density at radius 3 is 2.00 bits per heavy atom. The predicted octanol–water partition coefficient (Wildman–Crippen LogP) is 3.84. The molecule has 2 nitrogen and oxygen atoms in total. The first-order valence-corrected chi connectivity index (χ1v) is 5.86. The van der Waals surface area contributed by atoms with Crippen molar-refractivity contribution in [1.82, 2.24) is 0 Å². The fourth-order valence-electron chi connectivity index (χ4n) is 2.63. The molecule has 0 unspecified atom stereocenters. The van der Waals surface area contributed by atoms with Gasteiger partial charge in [-0.15, -0.1) is 0 Å². The lowest BCUT2D eigenvalue weighted by molar-refractivity contribution is 1.08. The fourth-order valence-corrected chi connectivity index (χ4v) is 2.63. The summed E-state index contributed by atoms with van der Waals surface area (Å²) in [6.45, 7) is 2.16. The van der Waals surface area contributed by atoms with Crippen LogP contribution in [-0.2, 0) is 0 Å². The summed E-state index contributed by atoms with van der Waals surface area (Å²) < 4.78 is 0. The van der Waals surface area contributed by atoms with Crippen molar-refractivity contribution in [3.63, 3.8) is 0 Å². The van der Waals surface area contributed by atoms with Crippen molar-refractivity contribution in [3.8, 4) is 0 Å². The van der Waals surface area contributed by atoms with Gasteiger partial charge in [0, 0.05) is 14.1 Å². The van der Waals surface area contributed by atoms with Gasteiger partial charge in [-0.2, -0.15) is 0 Å². The third kappa shape index (κ3) is 1.34. The summed E-state index contributed by atoms with van der Waals surface area (Å²) >= 11 is 0. The number of para-hydroxylation sites is 3. The summed E-state index contributed by atoms with van der Waals surface area (Å²) in [5.74, 6) is 0. The van der Waals surface area contributed by atoms with Crippen LogP contribution in [0, 0.1) is 6.92 Å². The quantitative estimate of drug-likeness (QED) is 0.670. The second-order valence-corrected chi connectivity index (χ2v) is 4.55. The van der Waals surface area contributed by atoms with Crippen LogP contribution in [0.1, 0.15) is 5.56 Å². The minimum Gasteiger partial charge on any atom is -0.341 e. The Kier molecular flexibility index (Phi) is 2.11. The summed E-state index contributed by atoms with van der Waals surface area (Å²) in [6.07, 6.45) is 0. The molecule has 86 valence electrons. The first-order valence-electron chi connectivity index (χ1n) is 5.86. The van der Waals surface area contributed by atoms with Gasteiger partial charge < -0.3 is 9.80 Å². The van der Waals surface area contributed by atoms with Gasteiger partial charge in [0.05, 0.1) is 22.7 Å². The zero-order chi connectivity index (χ0) is 12.0. The average molecular weight is 224 g/mol. The van der Waals surface area contributed by atoms with Gasteiger partial charge in [0.1, 0.15) is 0 Å². The molecule has 0 saturated carbocycles. The summed E-state index contributed by atoms with van der Waals surface area (Å²) in [5.41, 5.74) is 6.40. The van der Waals surface area contributed by atoms with Crippen molar-refractivity contribution in [2.45, 2.75) is 6.92 Å². The van der Waals surface area contributed by atoms with Crippen LogP contribution in [0.3, 0.4) is 0 Å². The first kappa shape index (κ1) is 10.2. The summed E-state index contributed by atoms with van der Waals surface area (Å²) in [6, 6.07) is 15.0. The van der Waals surface area contributed by atoms with Gasteiger partial charge in [-0.05, 0) is 30.7 Å². The predicted molar refractivity (Wildman–Crippen MR) is 73.7 cm³/mol. The number of nitrogens with zero attached hydrogens (tertiary/aromatic N) is 2. The molecule has 0 spiro atoms. The normalized spacial score (nSPS) is 13.4. The van der Waals surface area contributed by atoms with Gasteiger partial charge in [-0.25, -0.2) is 0 Å². The maximum absolute atomic E-state index is 2.28. The lowest BCUT2D eigenvalue weighted by Gasteiger charge is -2.37. The molecule has 2 aromatic carbocycles. The molecule has 2 heteroatoms. The van der Waals surface area contributed by atoms with Crippen molar-refractivity contribution in [2.24, 2.45) is 0 Å². The maximum atomic E-state index is 2.28. The average Bonchev–Trinajstić information content (AvgIpc) is 2.36. The topological polar surface area (TPSA) is 6.48 Å². The van der Waals surface area contributed by atoms with Crippen LogP contribution in [0.2, 0.25) is 0 Å². The second-order valence-electron chi connectivity index (χ2n) is 4.55. The van der Waals surface area contributed by atoms with Gasteiger partial charge in [0.25, 0.3) is 0 Å².